The number of hydrogen-bond donors (Lipinski definition) is 3. The summed E-state index contributed by atoms with van der Waals surface area (Å²) in [5.41, 5.74) is 7.24. The first-order valence-corrected chi connectivity index (χ1v) is 10.0. The molecule has 33 heavy (non-hydrogen) atoms. The zero-order chi connectivity index (χ0) is 23.5. The Bertz CT molecular complexity index is 1290. The molecule has 0 aliphatic carbocycles. The highest BCUT2D eigenvalue weighted by atomic mass is 16.5. The van der Waals surface area contributed by atoms with Gasteiger partial charge in [0.15, 0.2) is 0 Å². The van der Waals surface area contributed by atoms with E-state index in [9.17, 15) is 19.2 Å². The van der Waals surface area contributed by atoms with Crippen LogP contribution in [0.5, 0.6) is 5.75 Å². The Balaban J connectivity index is 1.52. The van der Waals surface area contributed by atoms with Crippen LogP contribution in [0.25, 0.3) is 17.0 Å². The minimum atomic E-state index is -0.697. The summed E-state index contributed by atoms with van der Waals surface area (Å²) >= 11 is 0. The number of rotatable bonds is 7. The van der Waals surface area contributed by atoms with Crippen molar-refractivity contribution in [2.75, 3.05) is 19.0 Å². The third kappa shape index (κ3) is 4.54. The molecule has 0 spiro atoms. The minimum absolute atomic E-state index is 0.0261. The van der Waals surface area contributed by atoms with Crippen LogP contribution >= 0.6 is 0 Å². The summed E-state index contributed by atoms with van der Waals surface area (Å²) in [5, 5.41) is 5.92. The Morgan fingerprint density at radius 2 is 1.82 bits per heavy atom. The van der Waals surface area contributed by atoms with Crippen molar-refractivity contribution < 1.29 is 23.9 Å². The van der Waals surface area contributed by atoms with Gasteiger partial charge in [-0.05, 0) is 36.4 Å². The molecule has 3 aromatic rings. The van der Waals surface area contributed by atoms with Gasteiger partial charge in [0.1, 0.15) is 24.5 Å². The number of aromatic nitrogens is 1. The number of imide groups is 1. The lowest BCUT2D eigenvalue weighted by Gasteiger charge is -2.12. The van der Waals surface area contributed by atoms with E-state index in [1.807, 2.05) is 24.3 Å². The highest BCUT2D eigenvalue weighted by Gasteiger charge is 2.35. The minimum Gasteiger partial charge on any atom is -0.497 e. The molecule has 4 rings (SSSR count). The molecule has 1 fully saturated rings. The van der Waals surface area contributed by atoms with E-state index in [1.54, 1.807) is 35.0 Å². The van der Waals surface area contributed by atoms with E-state index >= 15 is 0 Å². The van der Waals surface area contributed by atoms with Gasteiger partial charge in [-0.25, -0.2) is 9.69 Å². The number of nitrogens with two attached hydrogens (primary N) is 1. The van der Waals surface area contributed by atoms with Crippen molar-refractivity contribution in [1.29, 1.82) is 0 Å². The van der Waals surface area contributed by atoms with Gasteiger partial charge < -0.3 is 25.7 Å². The monoisotopic (exact) mass is 447 g/mol. The van der Waals surface area contributed by atoms with E-state index in [4.69, 9.17) is 10.5 Å². The highest BCUT2D eigenvalue weighted by molar-refractivity contribution is 6.16. The zero-order valence-electron chi connectivity index (χ0n) is 17.7. The average molecular weight is 447 g/mol. The third-order valence-corrected chi connectivity index (χ3v) is 5.08. The number of anilines is 1. The number of benzene rings is 2. The zero-order valence-corrected chi connectivity index (χ0v) is 17.7. The number of nitrogens with one attached hydrogen (secondary N) is 2. The first-order valence-electron chi connectivity index (χ1n) is 10.0. The number of nitrogens with zero attached hydrogens (tertiary/aromatic N) is 2. The molecule has 0 atom stereocenters. The summed E-state index contributed by atoms with van der Waals surface area (Å²) < 4.78 is 6.74. The molecule has 1 aliphatic heterocycles. The fourth-order valence-corrected chi connectivity index (χ4v) is 3.58. The quantitative estimate of drug-likeness (QED) is 0.374. The van der Waals surface area contributed by atoms with Gasteiger partial charge in [-0.2, -0.15) is 0 Å². The second kappa shape index (κ2) is 8.87. The van der Waals surface area contributed by atoms with E-state index in [2.05, 4.69) is 10.6 Å². The Kier molecular flexibility index (Phi) is 5.81. The van der Waals surface area contributed by atoms with Crippen molar-refractivity contribution in [3.05, 3.63) is 66.0 Å². The molecule has 10 heteroatoms. The number of amides is 5. The van der Waals surface area contributed by atoms with Crippen molar-refractivity contribution in [1.82, 2.24) is 14.8 Å². The second-order valence-electron chi connectivity index (χ2n) is 7.35. The Hall–Kier alpha value is -4.60. The first kappa shape index (κ1) is 21.6. The van der Waals surface area contributed by atoms with E-state index in [0.29, 0.717) is 17.0 Å². The van der Waals surface area contributed by atoms with Crippen molar-refractivity contribution in [2.24, 2.45) is 5.73 Å². The molecular formula is C23H21N5O5. The number of methoxy groups -OCH3 is 1. The summed E-state index contributed by atoms with van der Waals surface area (Å²) in [6, 6.07) is 13.3. The lowest BCUT2D eigenvalue weighted by Crippen LogP contribution is -2.38. The van der Waals surface area contributed by atoms with E-state index in [-0.39, 0.29) is 12.2 Å². The highest BCUT2D eigenvalue weighted by Crippen LogP contribution is 2.25. The van der Waals surface area contributed by atoms with Gasteiger partial charge in [-0.15, -0.1) is 0 Å². The van der Waals surface area contributed by atoms with Gasteiger partial charge in [0.05, 0.1) is 7.11 Å². The number of primary amides is 1. The number of carbonyl (C=O) groups is 4. The summed E-state index contributed by atoms with van der Waals surface area (Å²) in [4.78, 5) is 49.8. The summed E-state index contributed by atoms with van der Waals surface area (Å²) in [5.74, 6) is -1.03. The molecule has 1 aliphatic rings. The smallest absolute Gasteiger partial charge is 0.329 e. The standard InChI is InChI=1S/C23H21N5O5/c1-33-16-8-6-15(7-9-16)25-21(30)13-28-22(31)18(26-23(28)32)10-14-11-27(12-20(24)29)19-5-3-2-4-17(14)19/h2-11H,12-13H2,1H3,(H2,24,29)(H,25,30)(H,26,32)/b18-10-. The molecule has 1 saturated heterocycles. The van der Waals surface area contributed by atoms with Crippen LogP contribution in [0.2, 0.25) is 0 Å². The lowest BCUT2D eigenvalue weighted by molar-refractivity contribution is -0.127. The largest absolute Gasteiger partial charge is 0.497 e. The van der Waals surface area contributed by atoms with Crippen molar-refractivity contribution in [3.63, 3.8) is 0 Å². The second-order valence-corrected chi connectivity index (χ2v) is 7.35. The van der Waals surface area contributed by atoms with Crippen LogP contribution in [0, 0.1) is 0 Å². The summed E-state index contributed by atoms with van der Waals surface area (Å²) in [6.45, 7) is -0.473. The maximum absolute atomic E-state index is 12.8. The fraction of sp³-hybridized carbons (Fsp3) is 0.130. The van der Waals surface area contributed by atoms with Gasteiger partial charge in [0, 0.05) is 28.4 Å². The molecule has 1 aromatic heterocycles. The SMILES string of the molecule is COc1ccc(NC(=O)CN2C(=O)N/C(=C\c3cn(CC(N)=O)c4ccccc34)C2=O)cc1. The molecule has 4 N–H and O–H groups in total. The van der Waals surface area contributed by atoms with Gasteiger partial charge in [0.2, 0.25) is 11.8 Å². The lowest BCUT2D eigenvalue weighted by atomic mass is 10.1. The number of urea groups is 1. The van der Waals surface area contributed by atoms with Gasteiger partial charge in [-0.3, -0.25) is 14.4 Å². The van der Waals surface area contributed by atoms with E-state index in [0.717, 1.165) is 15.8 Å². The van der Waals surface area contributed by atoms with Crippen LogP contribution in [0.15, 0.2) is 60.4 Å². The number of hydrogen-bond acceptors (Lipinski definition) is 5. The Morgan fingerprint density at radius 1 is 1.09 bits per heavy atom. The Labute approximate surface area is 188 Å². The molecule has 2 heterocycles. The van der Waals surface area contributed by atoms with Crippen LogP contribution in [-0.2, 0) is 20.9 Å². The normalized spacial score (nSPS) is 14.6. The van der Waals surface area contributed by atoms with Crippen molar-refractivity contribution >= 4 is 46.4 Å². The predicted octanol–water partition coefficient (Wildman–Crippen LogP) is 1.67. The van der Waals surface area contributed by atoms with Crippen LogP contribution in [0.3, 0.4) is 0 Å². The Morgan fingerprint density at radius 3 is 2.52 bits per heavy atom. The fourth-order valence-electron chi connectivity index (χ4n) is 3.58. The third-order valence-electron chi connectivity index (χ3n) is 5.08. The van der Waals surface area contributed by atoms with Crippen LogP contribution in [0.1, 0.15) is 5.56 Å². The molecular weight excluding hydrogens is 426 g/mol. The maximum atomic E-state index is 12.8. The number of ether oxygens (including phenoxy) is 1. The maximum Gasteiger partial charge on any atom is 0.329 e. The van der Waals surface area contributed by atoms with E-state index < -0.39 is 30.3 Å². The van der Waals surface area contributed by atoms with Crippen LogP contribution in [0.4, 0.5) is 10.5 Å². The topological polar surface area (TPSA) is 136 Å². The first-order chi connectivity index (χ1) is 15.9. The van der Waals surface area contributed by atoms with Gasteiger partial charge in [-0.1, -0.05) is 18.2 Å². The predicted molar refractivity (Wildman–Crippen MR) is 121 cm³/mol. The summed E-state index contributed by atoms with van der Waals surface area (Å²) in [6.07, 6.45) is 3.20. The molecule has 2 aromatic carbocycles. The molecule has 168 valence electrons. The molecule has 10 nitrogen and oxygen atoms in total. The van der Waals surface area contributed by atoms with Crippen molar-refractivity contribution in [2.45, 2.75) is 6.54 Å². The van der Waals surface area contributed by atoms with Gasteiger partial charge >= 0.3 is 6.03 Å². The molecule has 0 saturated carbocycles. The van der Waals surface area contributed by atoms with Crippen LogP contribution < -0.4 is 21.1 Å². The number of carbonyl (C=O) groups excluding carboxylic acids is 4. The van der Waals surface area contributed by atoms with Crippen molar-refractivity contribution in [3.8, 4) is 5.75 Å². The molecule has 5 amide bonds. The van der Waals surface area contributed by atoms with Crippen LogP contribution in [-0.4, -0.2) is 46.9 Å². The molecule has 0 unspecified atom stereocenters. The molecule has 0 bridgehead atoms. The van der Waals surface area contributed by atoms with E-state index in [1.165, 1.54) is 13.2 Å². The summed E-state index contributed by atoms with van der Waals surface area (Å²) in [7, 11) is 1.53. The molecule has 0 radical (unpaired) electrons. The average Bonchev–Trinajstić information content (AvgIpc) is 3.26. The van der Waals surface area contributed by atoms with Gasteiger partial charge in [0.25, 0.3) is 5.91 Å². The number of fused-ring (bicyclic) bond motifs is 1. The number of para-hydroxylation sites is 1.